The van der Waals surface area contributed by atoms with Crippen molar-refractivity contribution in [1.82, 2.24) is 14.7 Å². The summed E-state index contributed by atoms with van der Waals surface area (Å²) in [6, 6.07) is 1.90. The lowest BCUT2D eigenvalue weighted by atomic mass is 9.92. The zero-order valence-corrected chi connectivity index (χ0v) is 18.0. The van der Waals surface area contributed by atoms with E-state index in [9.17, 15) is 13.2 Å². The van der Waals surface area contributed by atoms with Crippen molar-refractivity contribution in [3.05, 3.63) is 35.7 Å². The van der Waals surface area contributed by atoms with Crippen LogP contribution in [-0.2, 0) is 25.8 Å². The molecule has 0 radical (unpaired) electrons. The van der Waals surface area contributed by atoms with Gasteiger partial charge in [0.2, 0.25) is 0 Å². The standard InChI is InChI=1S/C19H27N5O3S/c1-18(2,3)14-11-16(24(21-14)19(4,5)6)20-17(25)13-7-8-15-22-28(26,27)10-9-23(15)12-13/h7-8,11-12H,9-10H2,1-6H3,(H,20,25). The smallest absolute Gasteiger partial charge is 0.258 e. The number of rotatable bonds is 2. The highest BCUT2D eigenvalue weighted by atomic mass is 32.2. The number of amides is 1. The van der Waals surface area contributed by atoms with Crippen molar-refractivity contribution in [3.63, 3.8) is 0 Å². The van der Waals surface area contributed by atoms with Crippen LogP contribution < -0.4 is 5.32 Å². The molecule has 0 unspecified atom stereocenters. The fourth-order valence-corrected chi connectivity index (χ4v) is 3.84. The van der Waals surface area contributed by atoms with Gasteiger partial charge in [-0.25, -0.2) is 13.1 Å². The quantitative estimate of drug-likeness (QED) is 0.815. The third-order valence-corrected chi connectivity index (χ3v) is 5.60. The monoisotopic (exact) mass is 405 g/mol. The van der Waals surface area contributed by atoms with Crippen molar-refractivity contribution in [2.24, 2.45) is 4.40 Å². The van der Waals surface area contributed by atoms with Crippen molar-refractivity contribution >= 4 is 27.6 Å². The Kier molecular flexibility index (Phi) is 4.77. The fourth-order valence-electron chi connectivity index (χ4n) is 2.87. The molecule has 0 atom stereocenters. The van der Waals surface area contributed by atoms with Crippen LogP contribution in [0.3, 0.4) is 0 Å². The number of hydrogen-bond acceptors (Lipinski definition) is 5. The van der Waals surface area contributed by atoms with E-state index in [4.69, 9.17) is 5.10 Å². The average Bonchev–Trinajstić information content (AvgIpc) is 2.98. The van der Waals surface area contributed by atoms with E-state index in [-0.39, 0.29) is 29.2 Å². The van der Waals surface area contributed by atoms with Crippen LogP contribution in [0.5, 0.6) is 0 Å². The molecule has 2 aliphatic heterocycles. The van der Waals surface area contributed by atoms with Crippen molar-refractivity contribution < 1.29 is 13.2 Å². The molecule has 0 aromatic carbocycles. The number of amidine groups is 1. The molecule has 8 nitrogen and oxygen atoms in total. The van der Waals surface area contributed by atoms with E-state index in [1.165, 1.54) is 0 Å². The summed E-state index contributed by atoms with van der Waals surface area (Å²) in [7, 11) is -3.42. The predicted octanol–water partition coefficient (Wildman–Crippen LogP) is 2.37. The van der Waals surface area contributed by atoms with Crippen molar-refractivity contribution in [1.29, 1.82) is 0 Å². The maximum atomic E-state index is 12.9. The molecule has 28 heavy (non-hydrogen) atoms. The van der Waals surface area contributed by atoms with Crippen LogP contribution in [0.4, 0.5) is 5.82 Å². The summed E-state index contributed by atoms with van der Waals surface area (Å²) >= 11 is 0. The minimum Gasteiger partial charge on any atom is -0.330 e. The van der Waals surface area contributed by atoms with Gasteiger partial charge in [0.25, 0.3) is 15.9 Å². The SMILES string of the molecule is CC(C)(C)c1cc(NC(=O)C2=CN3CCS(=O)(=O)N=C3C=C2)n(C(C)(C)C)n1. The third-order valence-electron chi connectivity index (χ3n) is 4.44. The summed E-state index contributed by atoms with van der Waals surface area (Å²) in [6.07, 6.45) is 4.76. The number of nitrogens with zero attached hydrogens (tertiary/aromatic N) is 4. The second-order valence-corrected chi connectivity index (χ2v) is 10.8. The van der Waals surface area contributed by atoms with E-state index in [2.05, 4.69) is 30.5 Å². The van der Waals surface area contributed by atoms with E-state index >= 15 is 0 Å². The molecule has 152 valence electrons. The summed E-state index contributed by atoms with van der Waals surface area (Å²) < 4.78 is 28.8. The lowest BCUT2D eigenvalue weighted by Gasteiger charge is -2.27. The summed E-state index contributed by atoms with van der Waals surface area (Å²) in [6.45, 7) is 12.6. The largest absolute Gasteiger partial charge is 0.330 e. The summed E-state index contributed by atoms with van der Waals surface area (Å²) in [5.74, 6) is 0.603. The van der Waals surface area contributed by atoms with E-state index in [1.807, 2.05) is 31.5 Å². The van der Waals surface area contributed by atoms with Gasteiger partial charge < -0.3 is 10.2 Å². The molecule has 0 fully saturated rings. The van der Waals surface area contributed by atoms with Gasteiger partial charge in [-0.2, -0.15) is 5.10 Å². The van der Waals surface area contributed by atoms with Gasteiger partial charge in [0, 0.05) is 24.2 Å². The highest BCUT2D eigenvalue weighted by Gasteiger charge is 2.28. The Balaban J connectivity index is 1.87. The molecule has 1 amide bonds. The van der Waals surface area contributed by atoms with Crippen molar-refractivity contribution in [3.8, 4) is 0 Å². The molecule has 9 heteroatoms. The Hall–Kier alpha value is -2.42. The lowest BCUT2D eigenvalue weighted by Crippen LogP contribution is -2.37. The van der Waals surface area contributed by atoms with Gasteiger partial charge >= 0.3 is 0 Å². The molecule has 0 saturated heterocycles. The molecule has 0 bridgehead atoms. The molecule has 0 spiro atoms. The highest BCUT2D eigenvalue weighted by Crippen LogP contribution is 2.28. The number of carbonyl (C=O) groups is 1. The topological polar surface area (TPSA) is 96.7 Å². The molecule has 2 aliphatic rings. The fraction of sp³-hybridized carbons (Fsp3) is 0.526. The van der Waals surface area contributed by atoms with Gasteiger partial charge in [-0.15, -0.1) is 4.40 Å². The molecular formula is C19H27N5O3S. The minimum absolute atomic E-state index is 0.0680. The van der Waals surface area contributed by atoms with Crippen LogP contribution in [-0.4, -0.2) is 47.1 Å². The Bertz CT molecular complexity index is 1000. The number of anilines is 1. The first-order valence-corrected chi connectivity index (χ1v) is 10.8. The van der Waals surface area contributed by atoms with E-state index < -0.39 is 10.0 Å². The third kappa shape index (κ3) is 4.19. The molecular weight excluding hydrogens is 378 g/mol. The number of hydrogen-bond donors (Lipinski definition) is 1. The average molecular weight is 406 g/mol. The molecule has 0 saturated carbocycles. The Morgan fingerprint density at radius 3 is 2.43 bits per heavy atom. The molecule has 3 rings (SSSR count). The first-order chi connectivity index (χ1) is 12.8. The van der Waals surface area contributed by atoms with Gasteiger partial charge in [0.15, 0.2) is 0 Å². The van der Waals surface area contributed by atoms with Crippen molar-refractivity contribution in [2.75, 3.05) is 17.6 Å². The van der Waals surface area contributed by atoms with Crippen LogP contribution in [0.25, 0.3) is 0 Å². The van der Waals surface area contributed by atoms with Crippen molar-refractivity contribution in [2.45, 2.75) is 52.5 Å². The number of carbonyl (C=O) groups excluding carboxylic acids is 1. The first kappa shape index (κ1) is 20.3. The highest BCUT2D eigenvalue weighted by molar-refractivity contribution is 7.90. The number of aromatic nitrogens is 2. The summed E-state index contributed by atoms with van der Waals surface area (Å²) in [5.41, 5.74) is 0.868. The number of fused-ring (bicyclic) bond motifs is 1. The Labute approximate surface area is 166 Å². The first-order valence-electron chi connectivity index (χ1n) is 9.18. The van der Waals surface area contributed by atoms with Gasteiger partial charge in [-0.3, -0.25) is 4.79 Å². The van der Waals surface area contributed by atoms with E-state index in [1.54, 1.807) is 23.3 Å². The van der Waals surface area contributed by atoms with Crippen LogP contribution in [0.15, 0.2) is 34.4 Å². The molecule has 1 N–H and O–H groups in total. The molecule has 0 aliphatic carbocycles. The van der Waals surface area contributed by atoms with Gasteiger partial charge in [0.05, 0.1) is 22.6 Å². The van der Waals surface area contributed by atoms with Gasteiger partial charge in [-0.05, 0) is 32.9 Å². The summed E-state index contributed by atoms with van der Waals surface area (Å²) in [5, 5.41) is 7.65. The summed E-state index contributed by atoms with van der Waals surface area (Å²) in [4.78, 5) is 14.5. The molecule has 3 heterocycles. The van der Waals surface area contributed by atoms with Crippen LogP contribution in [0.2, 0.25) is 0 Å². The zero-order valence-electron chi connectivity index (χ0n) is 17.1. The van der Waals surface area contributed by atoms with Gasteiger partial charge in [-0.1, -0.05) is 20.8 Å². The number of sulfonamides is 1. The Morgan fingerprint density at radius 2 is 1.82 bits per heavy atom. The number of nitrogens with one attached hydrogen (secondary N) is 1. The van der Waals surface area contributed by atoms with E-state index in [0.717, 1.165) is 5.69 Å². The minimum atomic E-state index is -3.42. The van der Waals surface area contributed by atoms with E-state index in [0.29, 0.717) is 17.2 Å². The van der Waals surface area contributed by atoms with Crippen LogP contribution >= 0.6 is 0 Å². The second-order valence-electron chi connectivity index (χ2n) is 9.05. The Morgan fingerprint density at radius 1 is 1.14 bits per heavy atom. The zero-order chi connectivity index (χ0) is 20.9. The maximum absolute atomic E-state index is 12.9. The molecule has 1 aromatic heterocycles. The normalized spacial score (nSPS) is 19.0. The van der Waals surface area contributed by atoms with Gasteiger partial charge in [0.1, 0.15) is 11.7 Å². The molecule has 1 aromatic rings. The lowest BCUT2D eigenvalue weighted by molar-refractivity contribution is -0.112. The maximum Gasteiger partial charge on any atom is 0.258 e. The second kappa shape index (κ2) is 6.58. The van der Waals surface area contributed by atoms with Crippen LogP contribution in [0, 0.1) is 0 Å². The predicted molar refractivity (Wildman–Crippen MR) is 110 cm³/mol. The van der Waals surface area contributed by atoms with Crippen LogP contribution in [0.1, 0.15) is 47.2 Å².